The van der Waals surface area contributed by atoms with E-state index in [0.717, 1.165) is 11.1 Å². The third-order valence-corrected chi connectivity index (χ3v) is 4.58. The Morgan fingerprint density at radius 3 is 2.67 bits per heavy atom. The van der Waals surface area contributed by atoms with Crippen LogP contribution in [-0.2, 0) is 22.8 Å². The summed E-state index contributed by atoms with van der Waals surface area (Å²) in [6.07, 6.45) is 0.942. The average molecular weight is 308 g/mol. The Bertz CT molecular complexity index is 707. The van der Waals surface area contributed by atoms with Crippen LogP contribution in [0.1, 0.15) is 22.9 Å². The SMILES string of the molecule is Cc1cccc(CS(=O)(=O)NCC(O)c2cccn2C)c1. The van der Waals surface area contributed by atoms with Crippen molar-refractivity contribution < 1.29 is 13.5 Å². The highest BCUT2D eigenvalue weighted by atomic mass is 32.2. The molecule has 2 rings (SSSR count). The van der Waals surface area contributed by atoms with Gasteiger partial charge < -0.3 is 9.67 Å². The van der Waals surface area contributed by atoms with Crippen molar-refractivity contribution in [3.63, 3.8) is 0 Å². The zero-order valence-corrected chi connectivity index (χ0v) is 13.0. The van der Waals surface area contributed by atoms with Crippen molar-refractivity contribution in [2.24, 2.45) is 7.05 Å². The van der Waals surface area contributed by atoms with E-state index in [9.17, 15) is 13.5 Å². The first-order chi connectivity index (χ1) is 9.87. The normalized spacial score (nSPS) is 13.3. The van der Waals surface area contributed by atoms with Gasteiger partial charge in [-0.15, -0.1) is 0 Å². The van der Waals surface area contributed by atoms with Crippen molar-refractivity contribution in [3.05, 3.63) is 59.4 Å². The monoisotopic (exact) mass is 308 g/mol. The van der Waals surface area contributed by atoms with E-state index < -0.39 is 16.1 Å². The van der Waals surface area contributed by atoms with E-state index in [1.54, 1.807) is 36.0 Å². The number of hydrogen-bond acceptors (Lipinski definition) is 3. The zero-order valence-electron chi connectivity index (χ0n) is 12.2. The largest absolute Gasteiger partial charge is 0.386 e. The average Bonchev–Trinajstić information content (AvgIpc) is 2.82. The summed E-state index contributed by atoms with van der Waals surface area (Å²) in [4.78, 5) is 0. The van der Waals surface area contributed by atoms with E-state index in [2.05, 4.69) is 4.72 Å². The van der Waals surface area contributed by atoms with Crippen LogP contribution in [0.5, 0.6) is 0 Å². The molecule has 0 bridgehead atoms. The van der Waals surface area contributed by atoms with Crippen LogP contribution in [0.3, 0.4) is 0 Å². The lowest BCUT2D eigenvalue weighted by molar-refractivity contribution is 0.173. The number of rotatable bonds is 6. The summed E-state index contributed by atoms with van der Waals surface area (Å²) < 4.78 is 28.3. The first-order valence-electron chi connectivity index (χ1n) is 6.69. The Morgan fingerprint density at radius 1 is 1.29 bits per heavy atom. The van der Waals surface area contributed by atoms with Gasteiger partial charge >= 0.3 is 0 Å². The molecule has 0 saturated carbocycles. The highest BCUT2D eigenvalue weighted by molar-refractivity contribution is 7.88. The van der Waals surface area contributed by atoms with Gasteiger partial charge in [0.25, 0.3) is 0 Å². The summed E-state index contributed by atoms with van der Waals surface area (Å²) in [5.74, 6) is -0.0888. The molecule has 1 aromatic heterocycles. The molecule has 5 nitrogen and oxygen atoms in total. The maximum Gasteiger partial charge on any atom is 0.215 e. The molecular formula is C15H20N2O3S. The first-order valence-corrected chi connectivity index (χ1v) is 8.35. The quantitative estimate of drug-likeness (QED) is 0.849. The Labute approximate surface area is 125 Å². The van der Waals surface area contributed by atoms with Crippen LogP contribution in [-0.4, -0.2) is 24.6 Å². The summed E-state index contributed by atoms with van der Waals surface area (Å²) in [6.45, 7) is 1.88. The number of sulfonamides is 1. The van der Waals surface area contributed by atoms with Crippen molar-refractivity contribution >= 4 is 10.0 Å². The molecule has 0 aliphatic rings. The van der Waals surface area contributed by atoms with E-state index in [1.165, 1.54) is 0 Å². The minimum absolute atomic E-state index is 0.0357. The Balaban J connectivity index is 1.97. The number of nitrogens with one attached hydrogen (secondary N) is 1. The fraction of sp³-hybridized carbons (Fsp3) is 0.333. The molecule has 114 valence electrons. The third-order valence-electron chi connectivity index (χ3n) is 3.26. The van der Waals surface area contributed by atoms with Crippen molar-refractivity contribution in [2.75, 3.05) is 6.54 Å². The van der Waals surface area contributed by atoms with Crippen LogP contribution in [0.2, 0.25) is 0 Å². The van der Waals surface area contributed by atoms with Gasteiger partial charge in [-0.05, 0) is 24.6 Å². The first kappa shape index (κ1) is 15.8. The Hall–Kier alpha value is -1.63. The van der Waals surface area contributed by atoms with Crippen molar-refractivity contribution in [2.45, 2.75) is 18.8 Å². The lowest BCUT2D eigenvalue weighted by atomic mass is 10.2. The lowest BCUT2D eigenvalue weighted by Gasteiger charge is -2.13. The fourth-order valence-corrected chi connectivity index (χ4v) is 3.34. The highest BCUT2D eigenvalue weighted by Gasteiger charge is 2.16. The number of aliphatic hydroxyl groups excluding tert-OH is 1. The minimum Gasteiger partial charge on any atom is -0.386 e. The second-order valence-corrected chi connectivity index (χ2v) is 6.96. The summed E-state index contributed by atoms with van der Waals surface area (Å²) in [7, 11) is -1.66. The molecule has 1 atom stereocenters. The van der Waals surface area contributed by atoms with Crippen LogP contribution < -0.4 is 4.72 Å². The number of nitrogens with zero attached hydrogens (tertiary/aromatic N) is 1. The van der Waals surface area contributed by atoms with Crippen molar-refractivity contribution in [3.8, 4) is 0 Å². The maximum atomic E-state index is 12.0. The predicted molar refractivity (Wildman–Crippen MR) is 82.2 cm³/mol. The number of aromatic nitrogens is 1. The minimum atomic E-state index is -3.47. The van der Waals surface area contributed by atoms with Crippen molar-refractivity contribution in [1.29, 1.82) is 0 Å². The molecule has 0 amide bonds. The van der Waals surface area contributed by atoms with E-state index in [1.807, 2.05) is 25.1 Å². The fourth-order valence-electron chi connectivity index (χ4n) is 2.20. The number of benzene rings is 1. The van der Waals surface area contributed by atoms with E-state index in [-0.39, 0.29) is 12.3 Å². The van der Waals surface area contributed by atoms with Gasteiger partial charge in [-0.25, -0.2) is 13.1 Å². The second kappa shape index (κ2) is 6.43. The highest BCUT2D eigenvalue weighted by Crippen LogP contribution is 2.13. The maximum absolute atomic E-state index is 12.0. The molecule has 6 heteroatoms. The lowest BCUT2D eigenvalue weighted by Crippen LogP contribution is -2.30. The summed E-state index contributed by atoms with van der Waals surface area (Å²) in [5.41, 5.74) is 2.43. The van der Waals surface area contributed by atoms with Crippen molar-refractivity contribution in [1.82, 2.24) is 9.29 Å². The molecule has 0 fully saturated rings. The van der Waals surface area contributed by atoms with Gasteiger partial charge in [0.1, 0.15) is 6.10 Å². The second-order valence-electron chi connectivity index (χ2n) is 5.16. The van der Waals surface area contributed by atoms with Crippen LogP contribution in [0.15, 0.2) is 42.6 Å². The Morgan fingerprint density at radius 2 is 2.05 bits per heavy atom. The van der Waals surface area contributed by atoms with Gasteiger partial charge in [0, 0.05) is 25.5 Å². The zero-order chi connectivity index (χ0) is 15.5. The van der Waals surface area contributed by atoms with Gasteiger partial charge in [-0.2, -0.15) is 0 Å². The van der Waals surface area contributed by atoms with Crippen LogP contribution in [0.25, 0.3) is 0 Å². The number of aliphatic hydroxyl groups is 1. The van der Waals surface area contributed by atoms with Crippen LogP contribution in [0, 0.1) is 6.92 Å². The molecule has 0 aliphatic carbocycles. The van der Waals surface area contributed by atoms with Gasteiger partial charge in [0.2, 0.25) is 10.0 Å². The molecule has 0 spiro atoms. The summed E-state index contributed by atoms with van der Waals surface area (Å²) in [6, 6.07) is 10.9. The topological polar surface area (TPSA) is 71.3 Å². The molecule has 0 aliphatic heterocycles. The number of aryl methyl sites for hydroxylation is 2. The predicted octanol–water partition coefficient (Wildman–Crippen LogP) is 1.49. The van der Waals surface area contributed by atoms with E-state index >= 15 is 0 Å². The molecular weight excluding hydrogens is 288 g/mol. The Kier molecular flexibility index (Phi) is 4.82. The molecule has 21 heavy (non-hydrogen) atoms. The summed E-state index contributed by atoms with van der Waals surface area (Å²) in [5, 5.41) is 10.0. The smallest absolute Gasteiger partial charge is 0.215 e. The van der Waals surface area contributed by atoms with E-state index in [0.29, 0.717) is 5.69 Å². The van der Waals surface area contributed by atoms with E-state index in [4.69, 9.17) is 0 Å². The molecule has 2 aromatic rings. The van der Waals surface area contributed by atoms with Gasteiger partial charge in [0.05, 0.1) is 5.75 Å². The standard InChI is InChI=1S/C15H20N2O3S/c1-12-5-3-6-13(9-12)11-21(19,20)16-10-15(18)14-7-4-8-17(14)2/h3-9,15-16,18H,10-11H2,1-2H3. The van der Waals surface area contributed by atoms with Crippen LogP contribution >= 0.6 is 0 Å². The van der Waals surface area contributed by atoms with Gasteiger partial charge in [-0.3, -0.25) is 0 Å². The van der Waals surface area contributed by atoms with Gasteiger partial charge in [0.15, 0.2) is 0 Å². The molecule has 1 aromatic carbocycles. The van der Waals surface area contributed by atoms with Crippen LogP contribution in [0.4, 0.5) is 0 Å². The molecule has 0 saturated heterocycles. The van der Waals surface area contributed by atoms with Gasteiger partial charge in [-0.1, -0.05) is 29.8 Å². The molecule has 0 radical (unpaired) electrons. The molecule has 1 heterocycles. The number of hydrogen-bond donors (Lipinski definition) is 2. The molecule has 1 unspecified atom stereocenters. The third kappa shape index (κ3) is 4.42. The molecule has 2 N–H and O–H groups in total. The summed E-state index contributed by atoms with van der Waals surface area (Å²) >= 11 is 0.